The summed E-state index contributed by atoms with van der Waals surface area (Å²) in [7, 11) is 0. The van der Waals surface area contributed by atoms with E-state index in [0.29, 0.717) is 12.3 Å². The minimum atomic E-state index is -0.461. The van der Waals surface area contributed by atoms with E-state index < -0.39 is 6.29 Å². The molecule has 1 aliphatic heterocycles. The molecule has 0 aromatic rings. The van der Waals surface area contributed by atoms with Crippen molar-refractivity contribution in [2.75, 3.05) is 6.61 Å². The average Bonchev–Trinajstić information content (AvgIpc) is 2.66. The molecule has 3 atom stereocenters. The van der Waals surface area contributed by atoms with Gasteiger partial charge in [0.1, 0.15) is 12.2 Å². The van der Waals surface area contributed by atoms with Crippen LogP contribution in [0.1, 0.15) is 26.7 Å². The monoisotopic (exact) mass is 214 g/mol. The minimum absolute atomic E-state index is 0.269. The van der Waals surface area contributed by atoms with Crippen LogP contribution in [-0.4, -0.2) is 30.4 Å². The summed E-state index contributed by atoms with van der Waals surface area (Å²) in [5, 5.41) is 0. The van der Waals surface area contributed by atoms with E-state index in [2.05, 4.69) is 0 Å². The van der Waals surface area contributed by atoms with E-state index in [-0.39, 0.29) is 24.1 Å². The fourth-order valence-electron chi connectivity index (χ4n) is 2.03. The Morgan fingerprint density at radius 2 is 2.13 bits per heavy atom. The lowest BCUT2D eigenvalue weighted by Crippen LogP contribution is -2.26. The topological polar surface area (TPSA) is 61.8 Å². The Morgan fingerprint density at radius 3 is 2.73 bits per heavy atom. The molecule has 2 fully saturated rings. The summed E-state index contributed by atoms with van der Waals surface area (Å²) in [6.07, 6.45) is 1.13. The molecular weight excluding hydrogens is 200 g/mol. The summed E-state index contributed by atoms with van der Waals surface area (Å²) in [5.41, 5.74) is -0.369. The van der Waals surface area contributed by atoms with Gasteiger partial charge < -0.3 is 14.2 Å². The third-order valence-corrected chi connectivity index (χ3v) is 2.84. The van der Waals surface area contributed by atoms with Crippen molar-refractivity contribution >= 4 is 11.9 Å². The van der Waals surface area contributed by atoms with Gasteiger partial charge in [-0.1, -0.05) is 0 Å². The van der Waals surface area contributed by atoms with E-state index in [1.54, 1.807) is 0 Å². The van der Waals surface area contributed by atoms with Gasteiger partial charge >= 0.3 is 11.9 Å². The molecule has 0 aromatic carbocycles. The molecule has 15 heavy (non-hydrogen) atoms. The Hall–Kier alpha value is -1.10. The van der Waals surface area contributed by atoms with Crippen LogP contribution in [0.5, 0.6) is 0 Å². The zero-order valence-electron chi connectivity index (χ0n) is 8.82. The van der Waals surface area contributed by atoms with Crippen molar-refractivity contribution < 1.29 is 23.8 Å². The molecule has 1 heterocycles. The largest absolute Gasteiger partial charge is 0.463 e. The van der Waals surface area contributed by atoms with Gasteiger partial charge in [0, 0.05) is 26.2 Å². The molecule has 0 aromatic heterocycles. The normalized spacial score (nSPS) is 36.9. The summed E-state index contributed by atoms with van der Waals surface area (Å²) < 4.78 is 15.4. The van der Waals surface area contributed by atoms with E-state index >= 15 is 0 Å². The van der Waals surface area contributed by atoms with Gasteiger partial charge in [-0.25, -0.2) is 0 Å². The number of esters is 2. The Bertz CT molecular complexity index is 300. The summed E-state index contributed by atoms with van der Waals surface area (Å²) in [5.74, 6) is -0.292. The van der Waals surface area contributed by atoms with Crippen molar-refractivity contribution in [3.63, 3.8) is 0 Å². The number of rotatable bonds is 3. The highest BCUT2D eigenvalue weighted by Gasteiger charge is 2.63. The molecule has 0 spiro atoms. The number of fused-ring (bicyclic) bond motifs is 1. The van der Waals surface area contributed by atoms with E-state index in [1.807, 2.05) is 0 Å². The summed E-state index contributed by atoms with van der Waals surface area (Å²) in [6.45, 7) is 2.99. The van der Waals surface area contributed by atoms with Crippen LogP contribution in [-0.2, 0) is 23.8 Å². The zero-order chi connectivity index (χ0) is 11.1. The smallest absolute Gasteiger partial charge is 0.304 e. The Kier molecular flexibility index (Phi) is 2.42. The first kappa shape index (κ1) is 10.4. The molecule has 1 aliphatic carbocycles. The quantitative estimate of drug-likeness (QED) is 0.644. The SMILES string of the molecule is CC(=O)OC[C@]12C[C@H]1CC(OC(C)=O)O2. The van der Waals surface area contributed by atoms with Crippen molar-refractivity contribution in [3.8, 4) is 0 Å². The molecule has 0 N–H and O–H groups in total. The van der Waals surface area contributed by atoms with Crippen molar-refractivity contribution in [2.24, 2.45) is 5.92 Å². The van der Waals surface area contributed by atoms with Crippen LogP contribution in [0.25, 0.3) is 0 Å². The highest BCUT2D eigenvalue weighted by molar-refractivity contribution is 5.66. The molecule has 1 unspecified atom stereocenters. The Morgan fingerprint density at radius 1 is 1.40 bits per heavy atom. The van der Waals surface area contributed by atoms with Gasteiger partial charge in [0.05, 0.1) is 0 Å². The summed E-state index contributed by atoms with van der Waals surface area (Å²) in [4.78, 5) is 21.4. The van der Waals surface area contributed by atoms with Gasteiger partial charge in [0.2, 0.25) is 6.29 Å². The zero-order valence-corrected chi connectivity index (χ0v) is 8.82. The molecule has 0 radical (unpaired) electrons. The molecule has 2 aliphatic rings. The molecule has 1 saturated heterocycles. The average molecular weight is 214 g/mol. The number of ether oxygens (including phenoxy) is 3. The fourth-order valence-corrected chi connectivity index (χ4v) is 2.03. The maximum Gasteiger partial charge on any atom is 0.304 e. The lowest BCUT2D eigenvalue weighted by atomic mass is 10.2. The fraction of sp³-hybridized carbons (Fsp3) is 0.800. The highest BCUT2D eigenvalue weighted by Crippen LogP contribution is 2.56. The standard InChI is InChI=1S/C10H14O5/c1-6(11)13-5-10-4-8(10)3-9(15-10)14-7(2)12/h8-9H,3-5H2,1-2H3/t8-,9?,10-/m1/s1. The first-order chi connectivity index (χ1) is 7.02. The summed E-state index contributed by atoms with van der Waals surface area (Å²) >= 11 is 0. The predicted octanol–water partition coefficient (Wildman–Crippen LogP) is 0.618. The van der Waals surface area contributed by atoms with Crippen LogP contribution < -0.4 is 0 Å². The van der Waals surface area contributed by atoms with Gasteiger partial charge in [0.25, 0.3) is 0 Å². The number of carbonyl (C=O) groups is 2. The maximum absolute atomic E-state index is 10.7. The van der Waals surface area contributed by atoms with Crippen LogP contribution in [0.15, 0.2) is 0 Å². The first-order valence-electron chi connectivity index (χ1n) is 5.00. The van der Waals surface area contributed by atoms with Crippen LogP contribution in [0.3, 0.4) is 0 Å². The summed E-state index contributed by atoms with van der Waals surface area (Å²) in [6, 6.07) is 0. The minimum Gasteiger partial charge on any atom is -0.463 e. The van der Waals surface area contributed by atoms with Crippen molar-refractivity contribution in [1.29, 1.82) is 0 Å². The molecular formula is C10H14O5. The molecule has 0 amide bonds. The van der Waals surface area contributed by atoms with Gasteiger partial charge in [-0.3, -0.25) is 9.59 Å². The maximum atomic E-state index is 10.7. The van der Waals surface area contributed by atoms with Gasteiger partial charge in [-0.2, -0.15) is 0 Å². The van der Waals surface area contributed by atoms with E-state index in [4.69, 9.17) is 14.2 Å². The third kappa shape index (κ3) is 2.12. The van der Waals surface area contributed by atoms with E-state index in [0.717, 1.165) is 6.42 Å². The van der Waals surface area contributed by atoms with Gasteiger partial charge in [0.15, 0.2) is 0 Å². The Labute approximate surface area is 87.7 Å². The van der Waals surface area contributed by atoms with Crippen molar-refractivity contribution in [2.45, 2.75) is 38.6 Å². The number of carbonyl (C=O) groups excluding carboxylic acids is 2. The molecule has 5 heteroatoms. The van der Waals surface area contributed by atoms with E-state index in [9.17, 15) is 9.59 Å². The van der Waals surface area contributed by atoms with Crippen LogP contribution in [0.2, 0.25) is 0 Å². The van der Waals surface area contributed by atoms with E-state index in [1.165, 1.54) is 13.8 Å². The van der Waals surface area contributed by atoms with Crippen molar-refractivity contribution in [3.05, 3.63) is 0 Å². The number of hydrogen-bond acceptors (Lipinski definition) is 5. The Balaban J connectivity index is 1.82. The number of hydrogen-bond donors (Lipinski definition) is 0. The van der Waals surface area contributed by atoms with Crippen molar-refractivity contribution in [1.82, 2.24) is 0 Å². The van der Waals surface area contributed by atoms with Crippen LogP contribution >= 0.6 is 0 Å². The first-order valence-corrected chi connectivity index (χ1v) is 5.00. The van der Waals surface area contributed by atoms with Gasteiger partial charge in [-0.15, -0.1) is 0 Å². The van der Waals surface area contributed by atoms with Crippen LogP contribution in [0, 0.1) is 5.92 Å². The lowest BCUT2D eigenvalue weighted by molar-refractivity contribution is -0.187. The lowest BCUT2D eigenvalue weighted by Gasteiger charge is -2.17. The van der Waals surface area contributed by atoms with Crippen LogP contribution in [0.4, 0.5) is 0 Å². The highest BCUT2D eigenvalue weighted by atomic mass is 16.7. The van der Waals surface area contributed by atoms with Gasteiger partial charge in [-0.05, 0) is 6.42 Å². The molecule has 2 rings (SSSR count). The predicted molar refractivity (Wildman–Crippen MR) is 48.7 cm³/mol. The molecule has 84 valence electrons. The second-order valence-electron chi connectivity index (χ2n) is 4.14. The third-order valence-electron chi connectivity index (χ3n) is 2.84. The second kappa shape index (κ2) is 3.48. The second-order valence-corrected chi connectivity index (χ2v) is 4.14. The molecule has 5 nitrogen and oxygen atoms in total. The molecule has 1 saturated carbocycles. The molecule has 0 bridgehead atoms.